The van der Waals surface area contributed by atoms with Crippen LogP contribution in [0.5, 0.6) is 0 Å². The third-order valence-electron chi connectivity index (χ3n) is 4.48. The first-order chi connectivity index (χ1) is 13.1. The lowest BCUT2D eigenvalue weighted by molar-refractivity contribution is -0.128. The van der Waals surface area contributed by atoms with E-state index in [9.17, 15) is 14.0 Å². The summed E-state index contributed by atoms with van der Waals surface area (Å²) in [6.45, 7) is 1.86. The Morgan fingerprint density at radius 1 is 1.19 bits per heavy atom. The van der Waals surface area contributed by atoms with E-state index in [4.69, 9.17) is 0 Å². The average molecular weight is 386 g/mol. The molecule has 0 bridgehead atoms. The van der Waals surface area contributed by atoms with E-state index in [0.717, 1.165) is 18.5 Å². The van der Waals surface area contributed by atoms with Crippen LogP contribution in [0.2, 0.25) is 0 Å². The van der Waals surface area contributed by atoms with E-state index < -0.39 is 0 Å². The first-order valence-corrected chi connectivity index (χ1v) is 10.2. The Labute approximate surface area is 163 Å². The number of likely N-dealkylation sites (tertiary alicyclic amines) is 1. The van der Waals surface area contributed by atoms with Crippen molar-refractivity contribution in [3.63, 3.8) is 0 Å². The number of amides is 2. The highest BCUT2D eigenvalue weighted by Crippen LogP contribution is 2.16. The van der Waals surface area contributed by atoms with Crippen LogP contribution in [0.15, 0.2) is 48.5 Å². The van der Waals surface area contributed by atoms with Gasteiger partial charge in [-0.1, -0.05) is 30.3 Å². The van der Waals surface area contributed by atoms with Gasteiger partial charge in [-0.25, -0.2) is 4.39 Å². The molecule has 4 nitrogen and oxygen atoms in total. The van der Waals surface area contributed by atoms with Crippen molar-refractivity contribution in [3.05, 3.63) is 71.0 Å². The lowest BCUT2D eigenvalue weighted by Gasteiger charge is -2.16. The molecule has 1 N–H and O–H groups in total. The highest BCUT2D eigenvalue weighted by molar-refractivity contribution is 7.98. The van der Waals surface area contributed by atoms with Crippen LogP contribution in [0.3, 0.4) is 0 Å². The quantitative estimate of drug-likeness (QED) is 0.705. The summed E-state index contributed by atoms with van der Waals surface area (Å²) in [4.78, 5) is 25.9. The van der Waals surface area contributed by atoms with Gasteiger partial charge in [0.25, 0.3) is 5.91 Å². The van der Waals surface area contributed by atoms with Crippen molar-refractivity contribution >= 4 is 23.6 Å². The fourth-order valence-corrected chi connectivity index (χ4v) is 3.88. The summed E-state index contributed by atoms with van der Waals surface area (Å²) in [6.07, 6.45) is 1.52. The molecule has 0 saturated carbocycles. The maximum atomic E-state index is 13.5. The molecule has 1 fully saturated rings. The summed E-state index contributed by atoms with van der Waals surface area (Å²) < 4.78 is 13.5. The molecule has 1 heterocycles. The molecule has 0 radical (unpaired) electrons. The second-order valence-electron chi connectivity index (χ2n) is 6.52. The first-order valence-electron chi connectivity index (χ1n) is 9.09. The number of carbonyl (C=O) groups is 2. The van der Waals surface area contributed by atoms with Crippen LogP contribution in [0.25, 0.3) is 0 Å². The molecule has 2 amide bonds. The SMILES string of the molecule is O=C(NCCSCc1ccccc1F)c1cccc(CN2CCCC2=O)c1. The molecular formula is C21H23FN2O2S. The molecule has 1 saturated heterocycles. The minimum atomic E-state index is -0.192. The molecule has 1 aliphatic heterocycles. The van der Waals surface area contributed by atoms with Crippen molar-refractivity contribution < 1.29 is 14.0 Å². The Morgan fingerprint density at radius 3 is 2.81 bits per heavy atom. The normalized spacial score (nSPS) is 13.8. The average Bonchev–Trinajstić information content (AvgIpc) is 3.07. The molecule has 0 atom stereocenters. The maximum absolute atomic E-state index is 13.5. The number of thioether (sulfide) groups is 1. The van der Waals surface area contributed by atoms with Gasteiger partial charge in [-0.2, -0.15) is 11.8 Å². The fourth-order valence-electron chi connectivity index (χ4n) is 3.04. The molecule has 0 aromatic heterocycles. The minimum Gasteiger partial charge on any atom is -0.351 e. The molecule has 1 aliphatic rings. The lowest BCUT2D eigenvalue weighted by atomic mass is 10.1. The van der Waals surface area contributed by atoms with E-state index in [1.807, 2.05) is 29.2 Å². The zero-order valence-electron chi connectivity index (χ0n) is 15.1. The van der Waals surface area contributed by atoms with Crippen LogP contribution < -0.4 is 5.32 Å². The van der Waals surface area contributed by atoms with Gasteiger partial charge in [-0.3, -0.25) is 9.59 Å². The number of hydrogen-bond donors (Lipinski definition) is 1. The largest absolute Gasteiger partial charge is 0.351 e. The van der Waals surface area contributed by atoms with Gasteiger partial charge in [0.05, 0.1) is 0 Å². The maximum Gasteiger partial charge on any atom is 0.251 e. The van der Waals surface area contributed by atoms with Gasteiger partial charge in [0.2, 0.25) is 5.91 Å². The third kappa shape index (κ3) is 5.57. The molecule has 0 aliphatic carbocycles. The number of benzene rings is 2. The standard InChI is InChI=1S/C21H23FN2O2S/c22-19-8-2-1-6-18(19)15-27-12-10-23-21(26)17-7-3-5-16(13-17)14-24-11-4-9-20(24)25/h1-3,5-8,13H,4,9-12,14-15H2,(H,23,26). The molecule has 142 valence electrons. The number of nitrogens with one attached hydrogen (secondary N) is 1. The summed E-state index contributed by atoms with van der Waals surface area (Å²) in [7, 11) is 0. The number of hydrogen-bond acceptors (Lipinski definition) is 3. The highest BCUT2D eigenvalue weighted by Gasteiger charge is 2.20. The number of halogens is 1. The Balaban J connectivity index is 1.43. The Hall–Kier alpha value is -2.34. The van der Waals surface area contributed by atoms with Crippen molar-refractivity contribution in [2.75, 3.05) is 18.8 Å². The predicted octanol–water partition coefficient (Wildman–Crippen LogP) is 3.61. The van der Waals surface area contributed by atoms with Gasteiger partial charge in [-0.05, 0) is 35.7 Å². The van der Waals surface area contributed by atoms with Crippen LogP contribution in [0.4, 0.5) is 4.39 Å². The van der Waals surface area contributed by atoms with E-state index in [0.29, 0.717) is 42.1 Å². The zero-order valence-corrected chi connectivity index (χ0v) is 15.9. The molecular weight excluding hydrogens is 363 g/mol. The topological polar surface area (TPSA) is 49.4 Å². The highest BCUT2D eigenvalue weighted by atomic mass is 32.2. The van der Waals surface area contributed by atoms with Crippen molar-refractivity contribution in [3.8, 4) is 0 Å². The summed E-state index contributed by atoms with van der Waals surface area (Å²) in [6, 6.07) is 14.1. The van der Waals surface area contributed by atoms with Crippen LogP contribution in [0.1, 0.15) is 34.3 Å². The van der Waals surface area contributed by atoms with Crippen LogP contribution in [0, 0.1) is 5.82 Å². The van der Waals surface area contributed by atoms with Crippen LogP contribution in [-0.4, -0.2) is 35.6 Å². The van der Waals surface area contributed by atoms with E-state index in [-0.39, 0.29) is 17.6 Å². The Kier molecular flexibility index (Phi) is 6.87. The van der Waals surface area contributed by atoms with Gasteiger partial charge in [-0.15, -0.1) is 0 Å². The molecule has 0 spiro atoms. The van der Waals surface area contributed by atoms with E-state index in [1.165, 1.54) is 6.07 Å². The zero-order chi connectivity index (χ0) is 19.1. The Bertz CT molecular complexity index is 812. The number of rotatable bonds is 8. The predicted molar refractivity (Wildman–Crippen MR) is 106 cm³/mol. The number of carbonyl (C=O) groups excluding carboxylic acids is 2. The molecule has 2 aromatic carbocycles. The molecule has 0 unspecified atom stereocenters. The van der Waals surface area contributed by atoms with Gasteiger partial charge in [0.1, 0.15) is 5.82 Å². The fraction of sp³-hybridized carbons (Fsp3) is 0.333. The Morgan fingerprint density at radius 2 is 2.04 bits per heavy atom. The van der Waals surface area contributed by atoms with Gasteiger partial charge < -0.3 is 10.2 Å². The van der Waals surface area contributed by atoms with Crippen LogP contribution >= 0.6 is 11.8 Å². The van der Waals surface area contributed by atoms with Crippen molar-refractivity contribution in [1.29, 1.82) is 0 Å². The molecule has 27 heavy (non-hydrogen) atoms. The van der Waals surface area contributed by atoms with Gasteiger partial charge in [0.15, 0.2) is 0 Å². The van der Waals surface area contributed by atoms with Crippen molar-refractivity contribution in [2.24, 2.45) is 0 Å². The van der Waals surface area contributed by atoms with E-state index in [2.05, 4.69) is 5.32 Å². The molecule has 6 heteroatoms. The first kappa shape index (κ1) is 19.4. The summed E-state index contributed by atoms with van der Waals surface area (Å²) in [5.74, 6) is 1.15. The minimum absolute atomic E-state index is 0.129. The van der Waals surface area contributed by atoms with E-state index >= 15 is 0 Å². The summed E-state index contributed by atoms with van der Waals surface area (Å²) in [5.41, 5.74) is 2.24. The molecule has 2 aromatic rings. The van der Waals surface area contributed by atoms with Gasteiger partial charge >= 0.3 is 0 Å². The second kappa shape index (κ2) is 9.55. The third-order valence-corrected chi connectivity index (χ3v) is 5.49. The summed E-state index contributed by atoms with van der Waals surface area (Å²) >= 11 is 1.58. The molecule has 3 rings (SSSR count). The van der Waals surface area contributed by atoms with Crippen molar-refractivity contribution in [1.82, 2.24) is 10.2 Å². The van der Waals surface area contributed by atoms with Crippen molar-refractivity contribution in [2.45, 2.75) is 25.1 Å². The monoisotopic (exact) mass is 386 g/mol. The number of nitrogens with zero attached hydrogens (tertiary/aromatic N) is 1. The lowest BCUT2D eigenvalue weighted by Crippen LogP contribution is -2.26. The second-order valence-corrected chi connectivity index (χ2v) is 7.62. The van der Waals surface area contributed by atoms with E-state index in [1.54, 1.807) is 30.0 Å². The van der Waals surface area contributed by atoms with Gasteiger partial charge in [0, 0.05) is 43.1 Å². The van der Waals surface area contributed by atoms with Crippen LogP contribution in [-0.2, 0) is 17.1 Å². The smallest absolute Gasteiger partial charge is 0.251 e. The summed E-state index contributed by atoms with van der Waals surface area (Å²) in [5, 5.41) is 2.90.